The minimum absolute atomic E-state index is 0.525. The second-order valence-corrected chi connectivity index (χ2v) is 6.10. The number of rotatable bonds is 3. The summed E-state index contributed by atoms with van der Waals surface area (Å²) in [5.41, 5.74) is 1.74. The van der Waals surface area contributed by atoms with E-state index in [1.165, 1.54) is 3.57 Å². The highest BCUT2D eigenvalue weighted by Crippen LogP contribution is 2.28. The minimum Gasteiger partial charge on any atom is -0.388 e. The number of halogens is 3. The number of hydrogen-bond acceptors (Lipinski definition) is 1. The van der Waals surface area contributed by atoms with E-state index in [1.807, 2.05) is 24.3 Å². The van der Waals surface area contributed by atoms with E-state index in [4.69, 9.17) is 23.2 Å². The first-order valence-corrected chi connectivity index (χ1v) is 7.27. The van der Waals surface area contributed by atoms with Crippen LogP contribution in [0.25, 0.3) is 0 Å². The fourth-order valence-corrected chi connectivity index (χ4v) is 2.51. The summed E-state index contributed by atoms with van der Waals surface area (Å²) >= 11 is 14.2. The second kappa shape index (κ2) is 6.24. The summed E-state index contributed by atoms with van der Waals surface area (Å²) in [7, 11) is 0. The van der Waals surface area contributed by atoms with Crippen LogP contribution in [0.5, 0.6) is 0 Å². The van der Waals surface area contributed by atoms with Crippen LogP contribution in [0.1, 0.15) is 17.2 Å². The van der Waals surface area contributed by atoms with E-state index >= 15 is 0 Å². The SMILES string of the molecule is OC(Cc1ccc(I)cc1)c1cc(Cl)ccc1Cl. The van der Waals surface area contributed by atoms with Crippen molar-refractivity contribution < 1.29 is 5.11 Å². The third-order valence-electron chi connectivity index (χ3n) is 2.66. The van der Waals surface area contributed by atoms with Crippen LogP contribution in [-0.2, 0) is 6.42 Å². The molecule has 0 aliphatic rings. The van der Waals surface area contributed by atoms with Gasteiger partial charge in [0.05, 0.1) is 6.10 Å². The molecule has 0 spiro atoms. The maximum atomic E-state index is 10.2. The van der Waals surface area contributed by atoms with Gasteiger partial charge in [-0.1, -0.05) is 35.3 Å². The van der Waals surface area contributed by atoms with Crippen LogP contribution < -0.4 is 0 Å². The molecule has 4 heteroatoms. The standard InChI is InChI=1S/C14H11Cl2IO/c15-10-3-6-13(16)12(8-10)14(18)7-9-1-4-11(17)5-2-9/h1-6,8,14,18H,7H2. The smallest absolute Gasteiger partial charge is 0.0845 e. The van der Waals surface area contributed by atoms with Gasteiger partial charge in [-0.25, -0.2) is 0 Å². The largest absolute Gasteiger partial charge is 0.388 e. The third-order valence-corrected chi connectivity index (χ3v) is 3.96. The molecule has 1 nitrogen and oxygen atoms in total. The Morgan fingerprint density at radius 3 is 2.39 bits per heavy atom. The first-order chi connectivity index (χ1) is 8.56. The van der Waals surface area contributed by atoms with Gasteiger partial charge in [0.15, 0.2) is 0 Å². The van der Waals surface area contributed by atoms with Crippen molar-refractivity contribution in [1.82, 2.24) is 0 Å². The molecule has 0 saturated carbocycles. The highest BCUT2D eigenvalue weighted by molar-refractivity contribution is 14.1. The van der Waals surface area contributed by atoms with Crippen LogP contribution in [0.15, 0.2) is 42.5 Å². The van der Waals surface area contributed by atoms with Crippen molar-refractivity contribution in [2.45, 2.75) is 12.5 Å². The zero-order chi connectivity index (χ0) is 13.1. The molecule has 0 radical (unpaired) electrons. The summed E-state index contributed by atoms with van der Waals surface area (Å²) in [6.45, 7) is 0. The highest BCUT2D eigenvalue weighted by Gasteiger charge is 2.12. The van der Waals surface area contributed by atoms with Crippen LogP contribution in [0, 0.1) is 3.57 Å². The summed E-state index contributed by atoms with van der Waals surface area (Å²) in [6, 6.07) is 13.2. The summed E-state index contributed by atoms with van der Waals surface area (Å²) in [4.78, 5) is 0. The second-order valence-electron chi connectivity index (χ2n) is 4.01. The monoisotopic (exact) mass is 392 g/mol. The summed E-state index contributed by atoms with van der Waals surface area (Å²) in [5.74, 6) is 0. The predicted molar refractivity (Wildman–Crippen MR) is 84.3 cm³/mol. The van der Waals surface area contributed by atoms with Gasteiger partial charge in [0.1, 0.15) is 0 Å². The number of aliphatic hydroxyl groups is 1. The van der Waals surface area contributed by atoms with Crippen molar-refractivity contribution in [3.8, 4) is 0 Å². The summed E-state index contributed by atoms with van der Waals surface area (Å²) in [6.07, 6.45) is -0.118. The Kier molecular flexibility index (Phi) is 4.90. The molecule has 2 rings (SSSR count). The van der Waals surface area contributed by atoms with Crippen LogP contribution in [0.4, 0.5) is 0 Å². The molecule has 1 unspecified atom stereocenters. The summed E-state index contributed by atoms with van der Waals surface area (Å²) in [5, 5.41) is 11.3. The maximum Gasteiger partial charge on any atom is 0.0845 e. The van der Waals surface area contributed by atoms with Gasteiger partial charge in [0, 0.05) is 25.6 Å². The quantitative estimate of drug-likeness (QED) is 0.738. The van der Waals surface area contributed by atoms with Crippen LogP contribution >= 0.6 is 45.8 Å². The maximum absolute atomic E-state index is 10.2. The lowest BCUT2D eigenvalue weighted by atomic mass is 10.0. The molecule has 0 aliphatic heterocycles. The van der Waals surface area contributed by atoms with Gasteiger partial charge < -0.3 is 5.11 Å². The van der Waals surface area contributed by atoms with Gasteiger partial charge in [0.2, 0.25) is 0 Å². The number of hydrogen-bond donors (Lipinski definition) is 1. The van der Waals surface area contributed by atoms with E-state index < -0.39 is 6.10 Å². The molecule has 0 fully saturated rings. The van der Waals surface area contributed by atoms with Crippen molar-refractivity contribution in [2.75, 3.05) is 0 Å². The number of benzene rings is 2. The number of aliphatic hydroxyl groups excluding tert-OH is 1. The van der Waals surface area contributed by atoms with E-state index in [0.717, 1.165) is 5.56 Å². The lowest BCUT2D eigenvalue weighted by Crippen LogP contribution is -2.02. The van der Waals surface area contributed by atoms with Crippen LogP contribution in [-0.4, -0.2) is 5.11 Å². The van der Waals surface area contributed by atoms with Gasteiger partial charge in [-0.3, -0.25) is 0 Å². The Morgan fingerprint density at radius 2 is 1.72 bits per heavy atom. The lowest BCUT2D eigenvalue weighted by Gasteiger charge is -2.13. The topological polar surface area (TPSA) is 20.2 Å². The van der Waals surface area contributed by atoms with Crippen LogP contribution in [0.2, 0.25) is 10.0 Å². The van der Waals surface area contributed by atoms with Gasteiger partial charge in [-0.15, -0.1) is 0 Å². The van der Waals surface area contributed by atoms with E-state index in [2.05, 4.69) is 22.6 Å². The average molecular weight is 393 g/mol. The van der Waals surface area contributed by atoms with Crippen molar-refractivity contribution in [3.05, 3.63) is 67.2 Å². The molecule has 0 amide bonds. The molecule has 2 aromatic carbocycles. The van der Waals surface area contributed by atoms with Gasteiger partial charge in [-0.2, -0.15) is 0 Å². The predicted octanol–water partition coefficient (Wildman–Crippen LogP) is 4.87. The lowest BCUT2D eigenvalue weighted by molar-refractivity contribution is 0.178. The fourth-order valence-electron chi connectivity index (χ4n) is 1.72. The molecule has 94 valence electrons. The van der Waals surface area contributed by atoms with Crippen molar-refractivity contribution >= 4 is 45.8 Å². The summed E-state index contributed by atoms with van der Waals surface area (Å²) < 4.78 is 1.17. The Labute approximate surface area is 130 Å². The third kappa shape index (κ3) is 3.60. The first kappa shape index (κ1) is 14.1. The Bertz CT molecular complexity index is 540. The van der Waals surface area contributed by atoms with E-state index in [-0.39, 0.29) is 0 Å². The molecular formula is C14H11Cl2IO. The molecule has 0 heterocycles. The van der Waals surface area contributed by atoms with E-state index in [0.29, 0.717) is 22.0 Å². The normalized spacial score (nSPS) is 12.4. The molecule has 0 saturated heterocycles. The molecule has 1 N–H and O–H groups in total. The zero-order valence-corrected chi connectivity index (χ0v) is 13.1. The highest BCUT2D eigenvalue weighted by atomic mass is 127. The molecule has 0 bridgehead atoms. The molecule has 0 aliphatic carbocycles. The van der Waals surface area contributed by atoms with Gasteiger partial charge in [0.25, 0.3) is 0 Å². The fraction of sp³-hybridized carbons (Fsp3) is 0.143. The van der Waals surface area contributed by atoms with Crippen molar-refractivity contribution in [3.63, 3.8) is 0 Å². The molecular weight excluding hydrogens is 382 g/mol. The molecule has 2 aromatic rings. The van der Waals surface area contributed by atoms with Crippen molar-refractivity contribution in [2.24, 2.45) is 0 Å². The van der Waals surface area contributed by atoms with E-state index in [1.54, 1.807) is 18.2 Å². The van der Waals surface area contributed by atoms with Gasteiger partial charge >= 0.3 is 0 Å². The molecule has 0 aromatic heterocycles. The van der Waals surface area contributed by atoms with Crippen molar-refractivity contribution in [1.29, 1.82) is 0 Å². The Balaban J connectivity index is 2.18. The Hall–Kier alpha value is -0.290. The van der Waals surface area contributed by atoms with Crippen LogP contribution in [0.3, 0.4) is 0 Å². The average Bonchev–Trinajstić information content (AvgIpc) is 2.35. The Morgan fingerprint density at radius 1 is 1.06 bits per heavy atom. The molecule has 1 atom stereocenters. The minimum atomic E-state index is -0.642. The molecule has 18 heavy (non-hydrogen) atoms. The van der Waals surface area contributed by atoms with Gasteiger partial charge in [-0.05, 0) is 58.5 Å². The van der Waals surface area contributed by atoms with E-state index in [9.17, 15) is 5.11 Å². The first-order valence-electron chi connectivity index (χ1n) is 5.44. The zero-order valence-electron chi connectivity index (χ0n) is 9.41.